The van der Waals surface area contributed by atoms with Crippen LogP contribution in [0.2, 0.25) is 0 Å². The van der Waals surface area contributed by atoms with E-state index in [1.165, 1.54) is 0 Å². The van der Waals surface area contributed by atoms with E-state index >= 15 is 0 Å². The molecule has 0 aliphatic rings. The van der Waals surface area contributed by atoms with Crippen LogP contribution >= 0.6 is 11.8 Å². The van der Waals surface area contributed by atoms with Crippen LogP contribution in [-0.4, -0.2) is 39.0 Å². The third-order valence-electron chi connectivity index (χ3n) is 3.61. The van der Waals surface area contributed by atoms with Crippen molar-refractivity contribution in [2.24, 2.45) is 7.05 Å². The van der Waals surface area contributed by atoms with Crippen LogP contribution in [0.4, 0.5) is 13.2 Å². The number of hydrogen-bond acceptors (Lipinski definition) is 5. The standard InChI is InChI=1S/C16H15F3N4OS/c1-23-14(11-3-4-20-9-13(11)25-6-5-24-2)22-12-7-10(16(17,18)19)8-21-15(12)23/h3-4,7-9H,5-6H2,1-2H3. The molecule has 5 nitrogen and oxygen atoms in total. The number of fused-ring (bicyclic) bond motifs is 1. The molecule has 3 aromatic rings. The molecule has 0 saturated heterocycles. The molecule has 25 heavy (non-hydrogen) atoms. The minimum atomic E-state index is -4.45. The summed E-state index contributed by atoms with van der Waals surface area (Å²) in [4.78, 5) is 13.3. The van der Waals surface area contributed by atoms with E-state index in [1.807, 2.05) is 0 Å². The summed E-state index contributed by atoms with van der Waals surface area (Å²) < 4.78 is 45.4. The third-order valence-corrected chi connectivity index (χ3v) is 4.61. The van der Waals surface area contributed by atoms with E-state index in [1.54, 1.807) is 48.9 Å². The third kappa shape index (κ3) is 3.62. The molecule has 0 fully saturated rings. The van der Waals surface area contributed by atoms with Crippen molar-refractivity contribution in [3.63, 3.8) is 0 Å². The van der Waals surface area contributed by atoms with E-state index in [-0.39, 0.29) is 5.52 Å². The Hall–Kier alpha value is -2.13. The number of rotatable bonds is 5. The number of methoxy groups -OCH3 is 1. The van der Waals surface area contributed by atoms with Gasteiger partial charge in [-0.15, -0.1) is 11.8 Å². The summed E-state index contributed by atoms with van der Waals surface area (Å²) in [5, 5.41) is 0. The molecule has 0 unspecified atom stereocenters. The number of imidazole rings is 1. The predicted molar refractivity (Wildman–Crippen MR) is 89.3 cm³/mol. The van der Waals surface area contributed by atoms with Crippen molar-refractivity contribution in [2.45, 2.75) is 11.1 Å². The number of hydrogen-bond donors (Lipinski definition) is 0. The van der Waals surface area contributed by atoms with Gasteiger partial charge in [0, 0.05) is 49.0 Å². The van der Waals surface area contributed by atoms with Crippen LogP contribution in [0.15, 0.2) is 35.6 Å². The fraction of sp³-hybridized carbons (Fsp3) is 0.312. The molecule has 0 N–H and O–H groups in total. The Balaban J connectivity index is 2.06. The van der Waals surface area contributed by atoms with Crippen LogP contribution in [-0.2, 0) is 18.0 Å². The van der Waals surface area contributed by atoms with Gasteiger partial charge < -0.3 is 9.30 Å². The lowest BCUT2D eigenvalue weighted by Gasteiger charge is -2.08. The molecule has 0 aliphatic heterocycles. The lowest BCUT2D eigenvalue weighted by atomic mass is 10.2. The van der Waals surface area contributed by atoms with Crippen molar-refractivity contribution >= 4 is 22.9 Å². The molecule has 3 aromatic heterocycles. The zero-order valence-electron chi connectivity index (χ0n) is 13.5. The molecule has 0 aromatic carbocycles. The van der Waals surface area contributed by atoms with Gasteiger partial charge in [0.05, 0.1) is 12.2 Å². The second kappa shape index (κ2) is 7.01. The van der Waals surface area contributed by atoms with E-state index in [0.717, 1.165) is 28.5 Å². The van der Waals surface area contributed by atoms with Crippen LogP contribution in [0.25, 0.3) is 22.6 Å². The smallest absolute Gasteiger partial charge is 0.384 e. The van der Waals surface area contributed by atoms with E-state index in [9.17, 15) is 13.2 Å². The average Bonchev–Trinajstić information content (AvgIpc) is 2.91. The summed E-state index contributed by atoms with van der Waals surface area (Å²) in [6.07, 6.45) is -0.279. The van der Waals surface area contributed by atoms with Crippen molar-refractivity contribution in [3.8, 4) is 11.4 Å². The Bertz CT molecular complexity index is 895. The average molecular weight is 368 g/mol. The molecule has 0 atom stereocenters. The summed E-state index contributed by atoms with van der Waals surface area (Å²) in [6, 6.07) is 2.81. The molecule has 0 bridgehead atoms. The summed E-state index contributed by atoms with van der Waals surface area (Å²) >= 11 is 1.55. The van der Waals surface area contributed by atoms with Crippen molar-refractivity contribution in [1.82, 2.24) is 19.5 Å². The molecule has 0 radical (unpaired) electrons. The Morgan fingerprint density at radius 3 is 2.80 bits per heavy atom. The molecule has 9 heteroatoms. The SMILES string of the molecule is COCCSc1cnccc1-c1nc2cc(C(F)(F)F)cnc2n1C. The van der Waals surface area contributed by atoms with Gasteiger partial charge >= 0.3 is 6.18 Å². The number of alkyl halides is 3. The van der Waals surface area contributed by atoms with Crippen LogP contribution in [0.3, 0.4) is 0 Å². The van der Waals surface area contributed by atoms with E-state index in [4.69, 9.17) is 4.74 Å². The summed E-state index contributed by atoms with van der Waals surface area (Å²) in [7, 11) is 3.36. The first-order valence-corrected chi connectivity index (χ1v) is 8.36. The van der Waals surface area contributed by atoms with Gasteiger partial charge in [0.1, 0.15) is 11.3 Å². The molecule has 3 rings (SSSR count). The number of aryl methyl sites for hydroxylation is 1. The lowest BCUT2D eigenvalue weighted by Crippen LogP contribution is -2.05. The summed E-state index contributed by atoms with van der Waals surface area (Å²) in [5.74, 6) is 1.28. The summed E-state index contributed by atoms with van der Waals surface area (Å²) in [5.41, 5.74) is 0.587. The first-order valence-electron chi connectivity index (χ1n) is 7.37. The van der Waals surface area contributed by atoms with Crippen LogP contribution < -0.4 is 0 Å². The zero-order chi connectivity index (χ0) is 18.0. The molecule has 132 valence electrons. The van der Waals surface area contributed by atoms with Crippen LogP contribution in [0, 0.1) is 0 Å². The van der Waals surface area contributed by atoms with E-state index < -0.39 is 11.7 Å². The maximum absolute atomic E-state index is 12.9. The topological polar surface area (TPSA) is 52.8 Å². The van der Waals surface area contributed by atoms with Gasteiger partial charge in [0.15, 0.2) is 5.65 Å². The maximum Gasteiger partial charge on any atom is 0.417 e. The Labute approximate surface area is 146 Å². The Kier molecular flexibility index (Phi) is 4.96. The summed E-state index contributed by atoms with van der Waals surface area (Å²) in [6.45, 7) is 0.581. The molecule has 3 heterocycles. The first kappa shape index (κ1) is 17.7. The normalized spacial score (nSPS) is 12.0. The Morgan fingerprint density at radius 2 is 2.08 bits per heavy atom. The number of pyridine rings is 2. The van der Waals surface area contributed by atoms with Gasteiger partial charge in [-0.3, -0.25) is 4.98 Å². The zero-order valence-corrected chi connectivity index (χ0v) is 14.4. The van der Waals surface area contributed by atoms with Gasteiger partial charge in [-0.1, -0.05) is 0 Å². The highest BCUT2D eigenvalue weighted by molar-refractivity contribution is 7.99. The molecular weight excluding hydrogens is 353 g/mol. The lowest BCUT2D eigenvalue weighted by molar-refractivity contribution is -0.137. The van der Waals surface area contributed by atoms with Crippen molar-refractivity contribution in [2.75, 3.05) is 19.5 Å². The fourth-order valence-electron chi connectivity index (χ4n) is 2.39. The quantitative estimate of drug-likeness (QED) is 0.507. The van der Waals surface area contributed by atoms with Gasteiger partial charge in [-0.25, -0.2) is 9.97 Å². The highest BCUT2D eigenvalue weighted by atomic mass is 32.2. The number of aromatic nitrogens is 4. The van der Waals surface area contributed by atoms with Gasteiger partial charge in [0.2, 0.25) is 0 Å². The number of nitrogens with zero attached hydrogens (tertiary/aromatic N) is 4. The second-order valence-electron chi connectivity index (χ2n) is 5.27. The van der Waals surface area contributed by atoms with E-state index in [0.29, 0.717) is 18.1 Å². The van der Waals surface area contributed by atoms with Gasteiger partial charge in [-0.2, -0.15) is 13.2 Å². The fourth-order valence-corrected chi connectivity index (χ4v) is 3.31. The van der Waals surface area contributed by atoms with Gasteiger partial charge in [-0.05, 0) is 12.1 Å². The first-order chi connectivity index (χ1) is 11.9. The highest BCUT2D eigenvalue weighted by Gasteiger charge is 2.31. The van der Waals surface area contributed by atoms with E-state index in [2.05, 4.69) is 15.0 Å². The predicted octanol–water partition coefficient (Wildman–Crippen LogP) is 3.79. The van der Waals surface area contributed by atoms with Crippen molar-refractivity contribution < 1.29 is 17.9 Å². The number of ether oxygens (including phenoxy) is 1. The molecule has 0 aliphatic carbocycles. The van der Waals surface area contributed by atoms with Crippen LogP contribution in [0.1, 0.15) is 5.56 Å². The molecule has 0 amide bonds. The minimum absolute atomic E-state index is 0.206. The van der Waals surface area contributed by atoms with Crippen molar-refractivity contribution in [3.05, 3.63) is 36.3 Å². The number of thioether (sulfide) groups is 1. The molecular formula is C16H15F3N4OS. The second-order valence-corrected chi connectivity index (χ2v) is 6.41. The van der Waals surface area contributed by atoms with Gasteiger partial charge in [0.25, 0.3) is 0 Å². The minimum Gasteiger partial charge on any atom is -0.384 e. The number of halogens is 3. The molecule has 0 saturated carbocycles. The monoisotopic (exact) mass is 368 g/mol. The Morgan fingerprint density at radius 1 is 1.28 bits per heavy atom. The van der Waals surface area contributed by atoms with Crippen LogP contribution in [0.5, 0.6) is 0 Å². The molecule has 0 spiro atoms. The highest BCUT2D eigenvalue weighted by Crippen LogP contribution is 2.34. The largest absolute Gasteiger partial charge is 0.417 e. The van der Waals surface area contributed by atoms with Crippen molar-refractivity contribution in [1.29, 1.82) is 0 Å². The maximum atomic E-state index is 12.9.